The average Bonchev–Trinajstić information content (AvgIpc) is 2.58. The quantitative estimate of drug-likeness (QED) is 0.787. The third kappa shape index (κ3) is 1.42. The smallest absolute Gasteiger partial charge is 0.127 e. The molecule has 1 saturated carbocycles. The fourth-order valence-corrected chi connectivity index (χ4v) is 2.66. The van der Waals surface area contributed by atoms with Gasteiger partial charge in [0.1, 0.15) is 10.4 Å². The van der Waals surface area contributed by atoms with Crippen molar-refractivity contribution < 1.29 is 0 Å². The Hall–Kier alpha value is -0.310. The molecule has 1 N–H and O–H groups in total. The number of hydrogen-bond acceptors (Lipinski definition) is 1. The van der Waals surface area contributed by atoms with Gasteiger partial charge in [-0.05, 0) is 35.7 Å². The lowest BCUT2D eigenvalue weighted by Crippen LogP contribution is -1.93. The minimum absolute atomic E-state index is 0.723. The standard InChI is InChI=1S/C9H13BrN2/c1-6-11-8(9(10)12-6)7-4-2-3-5-7/h7H,2-5H2,1H3,(H,11,12). The molecule has 1 aromatic heterocycles. The van der Waals surface area contributed by atoms with Gasteiger partial charge in [0.15, 0.2) is 0 Å². The van der Waals surface area contributed by atoms with Crippen LogP contribution in [0.1, 0.15) is 43.1 Å². The number of aromatic amines is 1. The Morgan fingerprint density at radius 3 is 2.58 bits per heavy atom. The molecule has 0 saturated heterocycles. The molecule has 0 atom stereocenters. The molecule has 1 aromatic rings. The van der Waals surface area contributed by atoms with Gasteiger partial charge in [0, 0.05) is 5.92 Å². The van der Waals surface area contributed by atoms with Crippen LogP contribution in [0.4, 0.5) is 0 Å². The van der Waals surface area contributed by atoms with Crippen LogP contribution < -0.4 is 0 Å². The minimum atomic E-state index is 0.723. The van der Waals surface area contributed by atoms with E-state index >= 15 is 0 Å². The lowest BCUT2D eigenvalue weighted by molar-refractivity contribution is 0.697. The van der Waals surface area contributed by atoms with Gasteiger partial charge in [-0.25, -0.2) is 4.98 Å². The minimum Gasteiger partial charge on any atom is -0.345 e. The molecule has 0 aliphatic heterocycles. The molecule has 0 spiro atoms. The first kappa shape index (κ1) is 8.30. The monoisotopic (exact) mass is 228 g/mol. The molecule has 3 heteroatoms. The van der Waals surface area contributed by atoms with Gasteiger partial charge < -0.3 is 4.98 Å². The van der Waals surface area contributed by atoms with Crippen molar-refractivity contribution in [3.05, 3.63) is 16.1 Å². The van der Waals surface area contributed by atoms with Crippen molar-refractivity contribution in [1.82, 2.24) is 9.97 Å². The molecular weight excluding hydrogens is 216 g/mol. The molecule has 1 aliphatic carbocycles. The van der Waals surface area contributed by atoms with E-state index < -0.39 is 0 Å². The fraction of sp³-hybridized carbons (Fsp3) is 0.667. The maximum atomic E-state index is 4.32. The van der Waals surface area contributed by atoms with E-state index in [4.69, 9.17) is 0 Å². The second-order valence-corrected chi connectivity index (χ2v) is 4.26. The van der Waals surface area contributed by atoms with Gasteiger partial charge in [-0.2, -0.15) is 0 Å². The van der Waals surface area contributed by atoms with Crippen LogP contribution in [0.25, 0.3) is 0 Å². The first-order valence-corrected chi connectivity index (χ1v) is 5.28. The zero-order chi connectivity index (χ0) is 8.55. The summed E-state index contributed by atoms with van der Waals surface area (Å²) < 4.78 is 1.02. The second kappa shape index (κ2) is 3.21. The summed E-state index contributed by atoms with van der Waals surface area (Å²) in [5, 5.41) is 0. The first-order valence-electron chi connectivity index (χ1n) is 4.49. The number of aromatic nitrogens is 2. The Labute approximate surface area is 80.9 Å². The normalized spacial score (nSPS) is 18.8. The maximum Gasteiger partial charge on any atom is 0.127 e. The van der Waals surface area contributed by atoms with Crippen LogP contribution in [-0.2, 0) is 0 Å². The van der Waals surface area contributed by atoms with Gasteiger partial charge in [0.25, 0.3) is 0 Å². The van der Waals surface area contributed by atoms with Crippen LogP contribution >= 0.6 is 15.9 Å². The van der Waals surface area contributed by atoms with E-state index in [1.165, 1.54) is 31.4 Å². The summed E-state index contributed by atoms with van der Waals surface area (Å²) in [5.74, 6) is 1.74. The predicted molar refractivity (Wildman–Crippen MR) is 52.2 cm³/mol. The van der Waals surface area contributed by atoms with Crippen molar-refractivity contribution in [1.29, 1.82) is 0 Å². The van der Waals surface area contributed by atoms with Crippen LogP contribution in [0.2, 0.25) is 0 Å². The van der Waals surface area contributed by atoms with Crippen molar-refractivity contribution >= 4 is 15.9 Å². The molecule has 1 fully saturated rings. The van der Waals surface area contributed by atoms with Crippen LogP contribution in [0.15, 0.2) is 4.60 Å². The Bertz CT molecular complexity index is 274. The molecule has 0 radical (unpaired) electrons. The maximum absolute atomic E-state index is 4.32. The highest BCUT2D eigenvalue weighted by Crippen LogP contribution is 2.36. The highest BCUT2D eigenvalue weighted by Gasteiger charge is 2.21. The van der Waals surface area contributed by atoms with E-state index in [0.29, 0.717) is 0 Å². The van der Waals surface area contributed by atoms with Crippen molar-refractivity contribution in [2.75, 3.05) is 0 Å². The molecule has 2 rings (SSSR count). The number of hydrogen-bond donors (Lipinski definition) is 1. The number of rotatable bonds is 1. The lowest BCUT2D eigenvalue weighted by atomic mass is 10.1. The van der Waals surface area contributed by atoms with Gasteiger partial charge in [-0.1, -0.05) is 12.8 Å². The predicted octanol–water partition coefficient (Wildman–Crippen LogP) is 3.14. The van der Waals surface area contributed by atoms with Gasteiger partial charge in [-0.3, -0.25) is 0 Å². The largest absolute Gasteiger partial charge is 0.345 e. The molecule has 1 aliphatic rings. The fourth-order valence-electron chi connectivity index (χ4n) is 1.97. The molecule has 0 aromatic carbocycles. The van der Waals surface area contributed by atoms with Crippen LogP contribution in [0.5, 0.6) is 0 Å². The molecule has 12 heavy (non-hydrogen) atoms. The second-order valence-electron chi connectivity index (χ2n) is 3.51. The van der Waals surface area contributed by atoms with E-state index in [2.05, 4.69) is 25.9 Å². The highest BCUT2D eigenvalue weighted by atomic mass is 79.9. The number of halogens is 1. The number of imidazole rings is 1. The van der Waals surface area contributed by atoms with E-state index in [0.717, 1.165) is 16.3 Å². The Morgan fingerprint density at radius 2 is 2.08 bits per heavy atom. The molecular formula is C9H13BrN2. The summed E-state index contributed by atoms with van der Waals surface area (Å²) in [5.41, 5.74) is 1.31. The Kier molecular flexibility index (Phi) is 2.22. The Balaban J connectivity index is 2.25. The van der Waals surface area contributed by atoms with Gasteiger partial charge in [0.2, 0.25) is 0 Å². The number of aryl methyl sites for hydroxylation is 1. The lowest BCUT2D eigenvalue weighted by Gasteiger charge is -2.05. The molecule has 0 unspecified atom stereocenters. The molecule has 2 nitrogen and oxygen atoms in total. The van der Waals surface area contributed by atoms with E-state index in [1.807, 2.05) is 6.92 Å². The summed E-state index contributed by atoms with van der Waals surface area (Å²) in [6, 6.07) is 0. The van der Waals surface area contributed by atoms with Crippen LogP contribution in [0, 0.1) is 6.92 Å². The van der Waals surface area contributed by atoms with Crippen molar-refractivity contribution in [2.45, 2.75) is 38.5 Å². The van der Waals surface area contributed by atoms with Gasteiger partial charge in [0.05, 0.1) is 5.69 Å². The number of H-pyrrole nitrogens is 1. The highest BCUT2D eigenvalue weighted by molar-refractivity contribution is 9.10. The molecule has 0 bridgehead atoms. The van der Waals surface area contributed by atoms with Crippen molar-refractivity contribution in [2.24, 2.45) is 0 Å². The number of nitrogens with one attached hydrogen (secondary N) is 1. The zero-order valence-corrected chi connectivity index (χ0v) is 8.82. The van der Waals surface area contributed by atoms with Crippen molar-refractivity contribution in [3.63, 3.8) is 0 Å². The zero-order valence-electron chi connectivity index (χ0n) is 7.23. The van der Waals surface area contributed by atoms with Gasteiger partial charge >= 0.3 is 0 Å². The summed E-state index contributed by atoms with van der Waals surface area (Å²) in [4.78, 5) is 7.65. The van der Waals surface area contributed by atoms with Crippen LogP contribution in [-0.4, -0.2) is 9.97 Å². The number of nitrogens with zero attached hydrogens (tertiary/aromatic N) is 1. The van der Waals surface area contributed by atoms with E-state index in [9.17, 15) is 0 Å². The van der Waals surface area contributed by atoms with Crippen LogP contribution in [0.3, 0.4) is 0 Å². The summed E-state index contributed by atoms with van der Waals surface area (Å²) >= 11 is 3.48. The average molecular weight is 229 g/mol. The van der Waals surface area contributed by atoms with E-state index in [1.54, 1.807) is 0 Å². The first-order chi connectivity index (χ1) is 5.77. The molecule has 66 valence electrons. The topological polar surface area (TPSA) is 28.7 Å². The SMILES string of the molecule is Cc1nc(Br)c(C2CCCC2)[nH]1. The molecule has 0 amide bonds. The summed E-state index contributed by atoms with van der Waals surface area (Å²) in [6.45, 7) is 2.00. The summed E-state index contributed by atoms with van der Waals surface area (Å²) in [7, 11) is 0. The van der Waals surface area contributed by atoms with E-state index in [-0.39, 0.29) is 0 Å². The molecule has 1 heterocycles. The van der Waals surface area contributed by atoms with Crippen molar-refractivity contribution in [3.8, 4) is 0 Å². The Morgan fingerprint density at radius 1 is 1.42 bits per heavy atom. The third-order valence-corrected chi connectivity index (χ3v) is 3.17. The third-order valence-electron chi connectivity index (χ3n) is 2.57. The summed E-state index contributed by atoms with van der Waals surface area (Å²) in [6.07, 6.45) is 5.38. The van der Waals surface area contributed by atoms with Gasteiger partial charge in [-0.15, -0.1) is 0 Å².